The third-order valence-corrected chi connectivity index (χ3v) is 4.80. The van der Waals surface area contributed by atoms with Gasteiger partial charge in [-0.1, -0.05) is 12.1 Å². The summed E-state index contributed by atoms with van der Waals surface area (Å²) in [5.41, 5.74) is 2.32. The van der Waals surface area contributed by atoms with Crippen LogP contribution in [0, 0.1) is 5.82 Å². The topological polar surface area (TPSA) is 36.4 Å². The Morgan fingerprint density at radius 2 is 1.80 bits per heavy atom. The smallest absolute Gasteiger partial charge is 0.236 e. The van der Waals surface area contributed by atoms with E-state index in [1.54, 1.807) is 12.1 Å². The number of aromatic nitrogens is 1. The number of carbonyl (C=O) groups excluding carboxylic acids is 1. The van der Waals surface area contributed by atoms with Crippen LogP contribution in [0.5, 0.6) is 0 Å². The Bertz CT molecular complexity index is 682. The van der Waals surface area contributed by atoms with Crippen molar-refractivity contribution < 1.29 is 9.18 Å². The molecule has 2 heterocycles. The molecule has 0 radical (unpaired) electrons. The molecule has 2 aromatic rings. The minimum absolute atomic E-state index is 0.165. The summed E-state index contributed by atoms with van der Waals surface area (Å²) in [5.74, 6) is 0.446. The van der Waals surface area contributed by atoms with Gasteiger partial charge < -0.3 is 4.90 Å². The maximum atomic E-state index is 13.0. The molecule has 1 aromatic carbocycles. The van der Waals surface area contributed by atoms with E-state index in [4.69, 9.17) is 0 Å². The molecular formula is C20H24FN3O. The third-order valence-electron chi connectivity index (χ3n) is 4.80. The summed E-state index contributed by atoms with van der Waals surface area (Å²) in [5, 5.41) is 0. The second kappa shape index (κ2) is 8.21. The number of benzene rings is 1. The standard InChI is InChI=1S/C20H24FN3O/c1-23(14-16-2-4-19(21)5-3-16)15-20(25)24-12-8-18(9-13-24)17-6-10-22-11-7-17/h2-7,10-11,18H,8-9,12-15H2,1H3. The van der Waals surface area contributed by atoms with E-state index in [9.17, 15) is 9.18 Å². The van der Waals surface area contributed by atoms with Gasteiger partial charge in [-0.25, -0.2) is 4.39 Å². The minimum Gasteiger partial charge on any atom is -0.342 e. The molecule has 132 valence electrons. The van der Waals surface area contributed by atoms with Gasteiger partial charge in [0, 0.05) is 32.0 Å². The third kappa shape index (κ3) is 4.86. The van der Waals surface area contributed by atoms with Crippen LogP contribution in [0.1, 0.15) is 29.9 Å². The van der Waals surface area contributed by atoms with Crippen molar-refractivity contribution in [3.63, 3.8) is 0 Å². The van der Waals surface area contributed by atoms with E-state index in [-0.39, 0.29) is 11.7 Å². The molecule has 0 aliphatic carbocycles. The van der Waals surface area contributed by atoms with Crippen LogP contribution >= 0.6 is 0 Å². The average Bonchev–Trinajstić information content (AvgIpc) is 2.64. The van der Waals surface area contributed by atoms with Gasteiger partial charge in [0.25, 0.3) is 0 Å². The van der Waals surface area contributed by atoms with E-state index >= 15 is 0 Å². The summed E-state index contributed by atoms with van der Waals surface area (Å²) < 4.78 is 13.0. The molecule has 3 rings (SSSR count). The predicted molar refractivity (Wildman–Crippen MR) is 95.5 cm³/mol. The molecule has 0 N–H and O–H groups in total. The van der Waals surface area contributed by atoms with Crippen LogP contribution < -0.4 is 0 Å². The highest BCUT2D eigenvalue weighted by molar-refractivity contribution is 5.78. The average molecular weight is 341 g/mol. The molecule has 0 saturated carbocycles. The zero-order valence-corrected chi connectivity index (χ0v) is 14.6. The highest BCUT2D eigenvalue weighted by atomic mass is 19.1. The maximum Gasteiger partial charge on any atom is 0.236 e. The Morgan fingerprint density at radius 1 is 1.16 bits per heavy atom. The number of rotatable bonds is 5. The summed E-state index contributed by atoms with van der Waals surface area (Å²) in [7, 11) is 1.92. The van der Waals surface area contributed by atoms with Gasteiger partial charge in [-0.3, -0.25) is 14.7 Å². The molecule has 0 bridgehead atoms. The highest BCUT2D eigenvalue weighted by Gasteiger charge is 2.24. The van der Waals surface area contributed by atoms with E-state index in [1.165, 1.54) is 17.7 Å². The van der Waals surface area contributed by atoms with E-state index in [0.717, 1.165) is 31.5 Å². The number of likely N-dealkylation sites (N-methyl/N-ethyl adjacent to an activating group) is 1. The molecule has 5 heteroatoms. The lowest BCUT2D eigenvalue weighted by Gasteiger charge is -2.33. The molecule has 0 spiro atoms. The van der Waals surface area contributed by atoms with Crippen molar-refractivity contribution in [3.05, 3.63) is 65.7 Å². The maximum absolute atomic E-state index is 13.0. The Balaban J connectivity index is 1.46. The van der Waals surface area contributed by atoms with E-state index in [1.807, 2.05) is 29.2 Å². The molecule has 1 saturated heterocycles. The summed E-state index contributed by atoms with van der Waals surface area (Å²) in [6.07, 6.45) is 5.66. The highest BCUT2D eigenvalue weighted by Crippen LogP contribution is 2.27. The van der Waals surface area contributed by atoms with Gasteiger partial charge in [0.05, 0.1) is 6.54 Å². The molecular weight excluding hydrogens is 317 g/mol. The van der Waals surface area contributed by atoms with Gasteiger partial charge in [-0.05, 0) is 61.2 Å². The molecule has 1 fully saturated rings. The van der Waals surface area contributed by atoms with Crippen LogP contribution in [-0.4, -0.2) is 47.4 Å². The van der Waals surface area contributed by atoms with Crippen molar-refractivity contribution in [3.8, 4) is 0 Å². The largest absolute Gasteiger partial charge is 0.342 e. The van der Waals surface area contributed by atoms with Gasteiger partial charge >= 0.3 is 0 Å². The zero-order chi connectivity index (χ0) is 17.6. The van der Waals surface area contributed by atoms with Gasteiger partial charge in [0.2, 0.25) is 5.91 Å². The molecule has 25 heavy (non-hydrogen) atoms. The van der Waals surface area contributed by atoms with Crippen LogP contribution in [0.2, 0.25) is 0 Å². The molecule has 1 amide bonds. The van der Waals surface area contributed by atoms with Gasteiger partial charge in [0.1, 0.15) is 5.82 Å². The fourth-order valence-electron chi connectivity index (χ4n) is 3.39. The van der Waals surface area contributed by atoms with Gasteiger partial charge in [-0.2, -0.15) is 0 Å². The first-order chi connectivity index (χ1) is 12.1. The molecule has 0 atom stereocenters. The second-order valence-electron chi connectivity index (χ2n) is 6.73. The van der Waals surface area contributed by atoms with Crippen LogP contribution in [0.3, 0.4) is 0 Å². The molecule has 4 nitrogen and oxygen atoms in total. The molecule has 1 aromatic heterocycles. The zero-order valence-electron chi connectivity index (χ0n) is 14.6. The summed E-state index contributed by atoms with van der Waals surface area (Å²) in [6.45, 7) is 2.63. The normalized spacial score (nSPS) is 15.6. The lowest BCUT2D eigenvalue weighted by Crippen LogP contribution is -2.42. The van der Waals surface area contributed by atoms with Crippen LogP contribution in [0.15, 0.2) is 48.8 Å². The predicted octanol–water partition coefficient (Wildman–Crippen LogP) is 3.06. The first kappa shape index (κ1) is 17.5. The van der Waals surface area contributed by atoms with Crippen LogP contribution in [-0.2, 0) is 11.3 Å². The van der Waals surface area contributed by atoms with Crippen LogP contribution in [0.4, 0.5) is 4.39 Å². The Kier molecular flexibility index (Phi) is 5.76. The summed E-state index contributed by atoms with van der Waals surface area (Å²) in [4.78, 5) is 20.5. The van der Waals surface area contributed by atoms with Crippen molar-refractivity contribution in [2.24, 2.45) is 0 Å². The number of hydrogen-bond donors (Lipinski definition) is 0. The van der Waals surface area contributed by atoms with Gasteiger partial charge in [0.15, 0.2) is 0 Å². The first-order valence-corrected chi connectivity index (χ1v) is 8.72. The van der Waals surface area contributed by atoms with Crippen molar-refractivity contribution in [2.45, 2.75) is 25.3 Å². The lowest BCUT2D eigenvalue weighted by molar-refractivity contribution is -0.133. The number of pyridine rings is 1. The van der Waals surface area contributed by atoms with Crippen molar-refractivity contribution in [1.29, 1.82) is 0 Å². The minimum atomic E-state index is -0.237. The fraction of sp³-hybridized carbons (Fsp3) is 0.400. The quantitative estimate of drug-likeness (QED) is 0.839. The fourth-order valence-corrected chi connectivity index (χ4v) is 3.39. The Labute approximate surface area is 148 Å². The molecule has 1 aliphatic heterocycles. The second-order valence-corrected chi connectivity index (χ2v) is 6.73. The number of carbonyl (C=O) groups is 1. The summed E-state index contributed by atoms with van der Waals surface area (Å²) >= 11 is 0. The van der Waals surface area contributed by atoms with Crippen molar-refractivity contribution >= 4 is 5.91 Å². The lowest BCUT2D eigenvalue weighted by atomic mass is 9.90. The SMILES string of the molecule is CN(CC(=O)N1CCC(c2ccncc2)CC1)Cc1ccc(F)cc1. The van der Waals surface area contributed by atoms with Crippen LogP contribution in [0.25, 0.3) is 0 Å². The van der Waals surface area contributed by atoms with E-state index in [2.05, 4.69) is 17.1 Å². The Hall–Kier alpha value is -2.27. The number of likely N-dealkylation sites (tertiary alicyclic amines) is 1. The van der Waals surface area contributed by atoms with E-state index in [0.29, 0.717) is 19.0 Å². The number of halogens is 1. The number of amides is 1. The molecule has 0 unspecified atom stereocenters. The monoisotopic (exact) mass is 341 g/mol. The van der Waals surface area contributed by atoms with Gasteiger partial charge in [-0.15, -0.1) is 0 Å². The van der Waals surface area contributed by atoms with Crippen molar-refractivity contribution in [1.82, 2.24) is 14.8 Å². The number of hydrogen-bond acceptors (Lipinski definition) is 3. The number of piperidine rings is 1. The molecule has 1 aliphatic rings. The van der Waals surface area contributed by atoms with Crippen molar-refractivity contribution in [2.75, 3.05) is 26.7 Å². The Morgan fingerprint density at radius 3 is 2.44 bits per heavy atom. The number of nitrogens with zero attached hydrogens (tertiary/aromatic N) is 3. The first-order valence-electron chi connectivity index (χ1n) is 8.72. The summed E-state index contributed by atoms with van der Waals surface area (Å²) in [6, 6.07) is 10.6. The van der Waals surface area contributed by atoms with E-state index < -0.39 is 0 Å².